The summed E-state index contributed by atoms with van der Waals surface area (Å²) in [5, 5.41) is 2.88. The van der Waals surface area contributed by atoms with Gasteiger partial charge in [-0.3, -0.25) is 4.79 Å². The SMILES string of the molecule is O=C(Nc1cccc(S(=O)(=O)N2CCCCC2)c1)c1ccccc1SC[C@H]1CCCO1. The Kier molecular flexibility index (Phi) is 7.32. The minimum atomic E-state index is -3.55. The van der Waals surface area contributed by atoms with Crippen molar-refractivity contribution in [1.29, 1.82) is 0 Å². The first kappa shape index (κ1) is 22.3. The molecule has 0 radical (unpaired) electrons. The molecule has 0 bridgehead atoms. The van der Waals surface area contributed by atoms with E-state index in [0.29, 0.717) is 24.3 Å². The Hall–Kier alpha value is -1.87. The Bertz CT molecular complexity index is 1010. The van der Waals surface area contributed by atoms with Gasteiger partial charge in [-0.25, -0.2) is 8.42 Å². The average Bonchev–Trinajstić information content (AvgIpc) is 3.32. The van der Waals surface area contributed by atoms with E-state index in [0.717, 1.165) is 49.4 Å². The number of amides is 1. The van der Waals surface area contributed by atoms with E-state index in [4.69, 9.17) is 4.74 Å². The molecule has 6 nitrogen and oxygen atoms in total. The van der Waals surface area contributed by atoms with E-state index >= 15 is 0 Å². The molecule has 2 aromatic carbocycles. The highest BCUT2D eigenvalue weighted by Crippen LogP contribution is 2.28. The van der Waals surface area contributed by atoms with Gasteiger partial charge in [-0.15, -0.1) is 11.8 Å². The van der Waals surface area contributed by atoms with E-state index in [2.05, 4.69) is 5.32 Å². The van der Waals surface area contributed by atoms with Crippen molar-refractivity contribution in [1.82, 2.24) is 4.31 Å². The van der Waals surface area contributed by atoms with Crippen LogP contribution in [0.25, 0.3) is 0 Å². The number of anilines is 1. The number of carbonyl (C=O) groups excluding carboxylic acids is 1. The smallest absolute Gasteiger partial charge is 0.256 e. The maximum Gasteiger partial charge on any atom is 0.256 e. The van der Waals surface area contributed by atoms with Crippen LogP contribution in [0.5, 0.6) is 0 Å². The second-order valence-electron chi connectivity index (χ2n) is 7.89. The number of rotatable bonds is 7. The maximum absolute atomic E-state index is 13.0. The fraction of sp³-hybridized carbons (Fsp3) is 0.435. The van der Waals surface area contributed by atoms with E-state index in [1.165, 1.54) is 4.31 Å². The molecule has 0 saturated carbocycles. The second-order valence-corrected chi connectivity index (χ2v) is 10.9. The van der Waals surface area contributed by atoms with Crippen LogP contribution in [0.15, 0.2) is 58.3 Å². The summed E-state index contributed by atoms with van der Waals surface area (Å²) in [5.74, 6) is 0.566. The zero-order chi connectivity index (χ0) is 21.7. The van der Waals surface area contributed by atoms with E-state index in [-0.39, 0.29) is 16.9 Å². The van der Waals surface area contributed by atoms with E-state index < -0.39 is 10.0 Å². The second kappa shape index (κ2) is 10.2. The summed E-state index contributed by atoms with van der Waals surface area (Å²) < 4.78 is 33.1. The van der Waals surface area contributed by atoms with Gasteiger partial charge in [-0.05, 0) is 56.0 Å². The number of hydrogen-bond acceptors (Lipinski definition) is 5. The van der Waals surface area contributed by atoms with Gasteiger partial charge in [0, 0.05) is 36.0 Å². The summed E-state index contributed by atoms with van der Waals surface area (Å²) >= 11 is 1.62. The van der Waals surface area contributed by atoms with Gasteiger partial charge in [0.15, 0.2) is 0 Å². The molecule has 2 fully saturated rings. The highest BCUT2D eigenvalue weighted by atomic mass is 32.2. The lowest BCUT2D eigenvalue weighted by Gasteiger charge is -2.26. The van der Waals surface area contributed by atoms with Crippen molar-refractivity contribution >= 4 is 33.4 Å². The Labute approximate surface area is 188 Å². The van der Waals surface area contributed by atoms with Crippen molar-refractivity contribution in [3.05, 3.63) is 54.1 Å². The summed E-state index contributed by atoms with van der Waals surface area (Å²) in [6.07, 6.45) is 5.21. The molecule has 2 saturated heterocycles. The zero-order valence-corrected chi connectivity index (χ0v) is 19.1. The highest BCUT2D eigenvalue weighted by molar-refractivity contribution is 7.99. The summed E-state index contributed by atoms with van der Waals surface area (Å²) in [7, 11) is -3.55. The van der Waals surface area contributed by atoms with Gasteiger partial charge in [0.2, 0.25) is 10.0 Å². The van der Waals surface area contributed by atoms with E-state index in [9.17, 15) is 13.2 Å². The molecule has 2 aromatic rings. The molecule has 1 atom stereocenters. The number of hydrogen-bond donors (Lipinski definition) is 1. The molecule has 0 aromatic heterocycles. The van der Waals surface area contributed by atoms with Gasteiger partial charge >= 0.3 is 0 Å². The first-order valence-electron chi connectivity index (χ1n) is 10.8. The molecule has 4 rings (SSSR count). The Morgan fingerprint density at radius 3 is 2.65 bits per heavy atom. The standard InChI is InChI=1S/C23H28N2O4S2/c26-23(21-11-2-3-12-22(21)30-17-19-9-7-15-29-19)24-18-8-6-10-20(16-18)31(27,28)25-13-4-1-5-14-25/h2-3,6,8,10-12,16,19H,1,4-5,7,9,13-15,17H2,(H,24,26)/t19-/m1/s1. The lowest BCUT2D eigenvalue weighted by molar-refractivity contribution is 0.102. The Morgan fingerprint density at radius 1 is 1.06 bits per heavy atom. The Balaban J connectivity index is 1.47. The van der Waals surface area contributed by atoms with Crippen LogP contribution in [0.4, 0.5) is 5.69 Å². The molecule has 1 amide bonds. The van der Waals surface area contributed by atoms with Crippen LogP contribution >= 0.6 is 11.8 Å². The summed E-state index contributed by atoms with van der Waals surface area (Å²) in [6, 6.07) is 14.0. The molecule has 0 unspecified atom stereocenters. The van der Waals surface area contributed by atoms with Crippen molar-refractivity contribution in [2.45, 2.75) is 48.0 Å². The minimum absolute atomic E-state index is 0.216. The first-order chi connectivity index (χ1) is 15.0. The van der Waals surface area contributed by atoms with Crippen molar-refractivity contribution in [2.24, 2.45) is 0 Å². The lowest BCUT2D eigenvalue weighted by atomic mass is 10.2. The minimum Gasteiger partial charge on any atom is -0.377 e. The largest absolute Gasteiger partial charge is 0.377 e. The van der Waals surface area contributed by atoms with Gasteiger partial charge in [-0.1, -0.05) is 24.6 Å². The average molecular weight is 461 g/mol. The number of nitrogens with zero attached hydrogens (tertiary/aromatic N) is 1. The van der Waals surface area contributed by atoms with Crippen LogP contribution in [-0.2, 0) is 14.8 Å². The lowest BCUT2D eigenvalue weighted by Crippen LogP contribution is -2.35. The molecular weight excluding hydrogens is 432 g/mol. The number of carbonyl (C=O) groups is 1. The third kappa shape index (κ3) is 5.49. The van der Waals surface area contributed by atoms with Crippen molar-refractivity contribution in [2.75, 3.05) is 30.8 Å². The van der Waals surface area contributed by atoms with Crippen LogP contribution in [0.3, 0.4) is 0 Å². The molecule has 1 N–H and O–H groups in total. The van der Waals surface area contributed by atoms with Crippen LogP contribution in [-0.4, -0.2) is 50.2 Å². The fourth-order valence-electron chi connectivity index (χ4n) is 3.93. The van der Waals surface area contributed by atoms with Gasteiger partial charge in [-0.2, -0.15) is 4.31 Å². The van der Waals surface area contributed by atoms with Gasteiger partial charge in [0.05, 0.1) is 16.6 Å². The third-order valence-corrected chi connectivity index (χ3v) is 8.73. The number of sulfonamides is 1. The predicted octanol–water partition coefficient (Wildman–Crippen LogP) is 4.38. The van der Waals surface area contributed by atoms with E-state index in [1.807, 2.05) is 18.2 Å². The number of thioether (sulfide) groups is 1. The van der Waals surface area contributed by atoms with Crippen LogP contribution < -0.4 is 5.32 Å². The summed E-state index contributed by atoms with van der Waals surface area (Å²) in [5.41, 5.74) is 1.05. The number of ether oxygens (including phenoxy) is 1. The summed E-state index contributed by atoms with van der Waals surface area (Å²) in [6.45, 7) is 1.91. The molecule has 31 heavy (non-hydrogen) atoms. The monoisotopic (exact) mass is 460 g/mol. The molecule has 8 heteroatoms. The number of nitrogens with one attached hydrogen (secondary N) is 1. The molecular formula is C23H28N2O4S2. The van der Waals surface area contributed by atoms with Gasteiger partial charge < -0.3 is 10.1 Å². The molecule has 2 aliphatic heterocycles. The predicted molar refractivity (Wildman–Crippen MR) is 123 cm³/mol. The molecule has 2 heterocycles. The normalized spacial score (nSPS) is 19.9. The molecule has 166 valence electrons. The zero-order valence-electron chi connectivity index (χ0n) is 17.5. The number of piperidine rings is 1. The number of benzene rings is 2. The molecule has 2 aliphatic rings. The van der Waals surface area contributed by atoms with Gasteiger partial charge in [0.1, 0.15) is 0 Å². The van der Waals surface area contributed by atoms with Crippen LogP contribution in [0, 0.1) is 0 Å². The summed E-state index contributed by atoms with van der Waals surface area (Å²) in [4.78, 5) is 14.1. The van der Waals surface area contributed by atoms with Crippen LogP contribution in [0.1, 0.15) is 42.5 Å². The Morgan fingerprint density at radius 2 is 1.87 bits per heavy atom. The van der Waals surface area contributed by atoms with Gasteiger partial charge in [0.25, 0.3) is 5.91 Å². The quantitative estimate of drug-likeness (QED) is 0.621. The topological polar surface area (TPSA) is 75.7 Å². The third-order valence-electron chi connectivity index (χ3n) is 5.63. The van der Waals surface area contributed by atoms with Crippen LogP contribution in [0.2, 0.25) is 0 Å². The van der Waals surface area contributed by atoms with E-state index in [1.54, 1.807) is 42.1 Å². The molecule has 0 spiro atoms. The molecule has 0 aliphatic carbocycles. The highest BCUT2D eigenvalue weighted by Gasteiger charge is 2.26. The fourth-order valence-corrected chi connectivity index (χ4v) is 6.61. The maximum atomic E-state index is 13.0. The van der Waals surface area contributed by atoms with Crippen molar-refractivity contribution in [3.8, 4) is 0 Å². The van der Waals surface area contributed by atoms with Crippen molar-refractivity contribution in [3.63, 3.8) is 0 Å². The first-order valence-corrected chi connectivity index (χ1v) is 13.2. The van der Waals surface area contributed by atoms with Crippen molar-refractivity contribution < 1.29 is 17.9 Å².